The van der Waals surface area contributed by atoms with Gasteiger partial charge >= 0.3 is 0 Å². The third kappa shape index (κ3) is 1.76. The van der Waals surface area contributed by atoms with Crippen molar-refractivity contribution in [3.8, 4) is 0 Å². The SMILES string of the molecule is Cc1c(C)c(C)c2c(ccc3c(C)c(C)c(C)c(C)c32)c1C. The summed E-state index contributed by atoms with van der Waals surface area (Å²) in [7, 11) is 0. The van der Waals surface area contributed by atoms with Crippen molar-refractivity contribution in [3.05, 3.63) is 56.6 Å². The van der Waals surface area contributed by atoms with Crippen LogP contribution in [0.15, 0.2) is 12.1 Å². The summed E-state index contributed by atoms with van der Waals surface area (Å²) in [5.41, 5.74) is 11.5. The number of hydrogen-bond donors (Lipinski definition) is 0. The molecule has 0 aliphatic carbocycles. The second kappa shape index (κ2) is 4.84. The molecular weight excluding hydrogens is 264 g/mol. The Kier molecular flexibility index (Phi) is 3.32. The van der Waals surface area contributed by atoms with Gasteiger partial charge in [0.15, 0.2) is 0 Å². The molecule has 0 heterocycles. The Hall–Kier alpha value is -1.82. The largest absolute Gasteiger partial charge is 0.0534 e. The van der Waals surface area contributed by atoms with Crippen LogP contribution in [0.3, 0.4) is 0 Å². The molecule has 0 atom stereocenters. The highest BCUT2D eigenvalue weighted by atomic mass is 14.2. The summed E-state index contributed by atoms with van der Waals surface area (Å²) >= 11 is 0. The summed E-state index contributed by atoms with van der Waals surface area (Å²) in [6.07, 6.45) is 0. The Morgan fingerprint density at radius 3 is 0.955 bits per heavy atom. The van der Waals surface area contributed by atoms with E-state index in [-0.39, 0.29) is 0 Å². The summed E-state index contributed by atoms with van der Waals surface area (Å²) in [5, 5.41) is 5.75. The molecule has 0 aliphatic heterocycles. The third-order valence-electron chi connectivity index (χ3n) is 6.14. The molecule has 3 aromatic rings. The number of rotatable bonds is 0. The molecule has 114 valence electrons. The summed E-state index contributed by atoms with van der Waals surface area (Å²) in [6.45, 7) is 18.1. The second-order valence-corrected chi connectivity index (χ2v) is 6.91. The van der Waals surface area contributed by atoms with Gasteiger partial charge in [0.05, 0.1) is 0 Å². The quantitative estimate of drug-likeness (QED) is 0.417. The molecule has 0 unspecified atom stereocenters. The van der Waals surface area contributed by atoms with Crippen molar-refractivity contribution in [1.82, 2.24) is 0 Å². The van der Waals surface area contributed by atoms with Crippen LogP contribution < -0.4 is 0 Å². The van der Waals surface area contributed by atoms with Crippen LogP contribution in [0.5, 0.6) is 0 Å². The smallest absolute Gasteiger partial charge is 0.00677 e. The van der Waals surface area contributed by atoms with E-state index < -0.39 is 0 Å². The van der Waals surface area contributed by atoms with Crippen molar-refractivity contribution in [3.63, 3.8) is 0 Å². The minimum absolute atomic E-state index is 1.42. The van der Waals surface area contributed by atoms with Crippen molar-refractivity contribution in [1.29, 1.82) is 0 Å². The minimum atomic E-state index is 1.42. The lowest BCUT2D eigenvalue weighted by atomic mass is 9.84. The average molecular weight is 290 g/mol. The maximum atomic E-state index is 2.33. The van der Waals surface area contributed by atoms with Crippen LogP contribution in [0.25, 0.3) is 21.5 Å². The molecule has 0 aromatic heterocycles. The fourth-order valence-corrected chi connectivity index (χ4v) is 3.91. The van der Waals surface area contributed by atoms with E-state index in [0.29, 0.717) is 0 Å². The Balaban J connectivity index is 2.74. The van der Waals surface area contributed by atoms with Gasteiger partial charge in [-0.2, -0.15) is 0 Å². The van der Waals surface area contributed by atoms with Crippen LogP contribution in [0.1, 0.15) is 44.5 Å². The van der Waals surface area contributed by atoms with Crippen LogP contribution in [0.4, 0.5) is 0 Å². The highest BCUT2D eigenvalue weighted by molar-refractivity contribution is 6.13. The lowest BCUT2D eigenvalue weighted by molar-refractivity contribution is 1.24. The third-order valence-corrected chi connectivity index (χ3v) is 6.14. The Morgan fingerprint density at radius 2 is 0.636 bits per heavy atom. The molecular formula is C22H26. The second-order valence-electron chi connectivity index (χ2n) is 6.91. The normalized spacial score (nSPS) is 11.6. The summed E-state index contributed by atoms with van der Waals surface area (Å²) < 4.78 is 0. The predicted octanol–water partition coefficient (Wildman–Crippen LogP) is 6.46. The monoisotopic (exact) mass is 290 g/mol. The maximum absolute atomic E-state index is 2.33. The van der Waals surface area contributed by atoms with Crippen LogP contribution in [0, 0.1) is 55.4 Å². The molecule has 0 amide bonds. The summed E-state index contributed by atoms with van der Waals surface area (Å²) in [5.74, 6) is 0. The Morgan fingerprint density at radius 1 is 0.364 bits per heavy atom. The number of aryl methyl sites for hydroxylation is 4. The van der Waals surface area contributed by atoms with Crippen LogP contribution in [0.2, 0.25) is 0 Å². The van der Waals surface area contributed by atoms with E-state index in [9.17, 15) is 0 Å². The summed E-state index contributed by atoms with van der Waals surface area (Å²) in [4.78, 5) is 0. The first-order valence-corrected chi connectivity index (χ1v) is 8.16. The fourth-order valence-electron chi connectivity index (χ4n) is 3.91. The predicted molar refractivity (Wildman–Crippen MR) is 99.4 cm³/mol. The number of fused-ring (bicyclic) bond motifs is 3. The zero-order valence-electron chi connectivity index (χ0n) is 15.2. The fraction of sp³-hybridized carbons (Fsp3) is 0.364. The number of hydrogen-bond acceptors (Lipinski definition) is 0. The van der Waals surface area contributed by atoms with Crippen molar-refractivity contribution in [2.45, 2.75) is 55.4 Å². The maximum Gasteiger partial charge on any atom is -0.00677 e. The highest BCUT2D eigenvalue weighted by Crippen LogP contribution is 2.39. The molecule has 0 saturated heterocycles. The van der Waals surface area contributed by atoms with Crippen LogP contribution in [-0.4, -0.2) is 0 Å². The van der Waals surface area contributed by atoms with Gasteiger partial charge in [0.1, 0.15) is 0 Å². The van der Waals surface area contributed by atoms with Crippen molar-refractivity contribution in [2.24, 2.45) is 0 Å². The molecule has 0 aliphatic rings. The zero-order chi connectivity index (χ0) is 16.3. The van der Waals surface area contributed by atoms with Gasteiger partial charge in [-0.15, -0.1) is 0 Å². The highest BCUT2D eigenvalue weighted by Gasteiger charge is 2.16. The van der Waals surface area contributed by atoms with Crippen molar-refractivity contribution in [2.75, 3.05) is 0 Å². The molecule has 0 radical (unpaired) electrons. The van der Waals surface area contributed by atoms with E-state index >= 15 is 0 Å². The first-order valence-electron chi connectivity index (χ1n) is 8.16. The van der Waals surface area contributed by atoms with Gasteiger partial charge in [0.25, 0.3) is 0 Å². The standard InChI is InChI=1S/C22H26/c1-11-13(3)17(7)21-19(15(11)5)9-10-20-16(6)12(2)14(4)18(8)22(20)21/h9-10H,1-8H3. The van der Waals surface area contributed by atoms with Crippen molar-refractivity contribution >= 4 is 21.5 Å². The number of benzene rings is 3. The lowest BCUT2D eigenvalue weighted by Crippen LogP contribution is -1.99. The molecule has 0 heteroatoms. The molecule has 0 nitrogen and oxygen atoms in total. The first kappa shape index (κ1) is 15.1. The first-order chi connectivity index (χ1) is 10.3. The van der Waals surface area contributed by atoms with Crippen molar-refractivity contribution < 1.29 is 0 Å². The van der Waals surface area contributed by atoms with Gasteiger partial charge in [0.2, 0.25) is 0 Å². The Labute approximate surface area is 134 Å². The molecule has 0 bridgehead atoms. The molecule has 0 spiro atoms. The minimum Gasteiger partial charge on any atom is -0.0534 e. The molecule has 0 N–H and O–H groups in total. The van der Waals surface area contributed by atoms with E-state index in [4.69, 9.17) is 0 Å². The molecule has 0 saturated carbocycles. The lowest BCUT2D eigenvalue weighted by Gasteiger charge is -2.20. The van der Waals surface area contributed by atoms with Crippen LogP contribution in [-0.2, 0) is 0 Å². The van der Waals surface area contributed by atoms with E-state index in [1.807, 2.05) is 0 Å². The molecule has 0 fully saturated rings. The topological polar surface area (TPSA) is 0 Å². The molecule has 3 aromatic carbocycles. The Bertz CT molecular complexity index is 862. The van der Waals surface area contributed by atoms with Gasteiger partial charge in [-0.3, -0.25) is 0 Å². The zero-order valence-corrected chi connectivity index (χ0v) is 15.2. The van der Waals surface area contributed by atoms with Gasteiger partial charge in [-0.1, -0.05) is 12.1 Å². The van der Waals surface area contributed by atoms with Gasteiger partial charge < -0.3 is 0 Å². The van der Waals surface area contributed by atoms with E-state index in [1.165, 1.54) is 66.1 Å². The average Bonchev–Trinajstić information content (AvgIpc) is 2.52. The van der Waals surface area contributed by atoms with E-state index in [2.05, 4.69) is 67.5 Å². The molecule has 3 rings (SSSR count). The van der Waals surface area contributed by atoms with Gasteiger partial charge in [-0.05, 0) is 121 Å². The van der Waals surface area contributed by atoms with E-state index in [1.54, 1.807) is 0 Å². The van der Waals surface area contributed by atoms with Gasteiger partial charge in [0, 0.05) is 0 Å². The van der Waals surface area contributed by atoms with Gasteiger partial charge in [-0.25, -0.2) is 0 Å². The molecule has 22 heavy (non-hydrogen) atoms. The summed E-state index contributed by atoms with van der Waals surface area (Å²) in [6, 6.07) is 4.65. The van der Waals surface area contributed by atoms with E-state index in [0.717, 1.165) is 0 Å². The van der Waals surface area contributed by atoms with Crippen LogP contribution >= 0.6 is 0 Å².